The van der Waals surface area contributed by atoms with Gasteiger partial charge in [-0.15, -0.1) is 0 Å². The van der Waals surface area contributed by atoms with Gasteiger partial charge in [0.25, 0.3) is 0 Å². The minimum atomic E-state index is 0.394. The van der Waals surface area contributed by atoms with Gasteiger partial charge in [-0.3, -0.25) is 4.99 Å². The number of hydrazine groups is 1. The van der Waals surface area contributed by atoms with Gasteiger partial charge in [0.15, 0.2) is 5.84 Å². The van der Waals surface area contributed by atoms with Gasteiger partial charge in [0.2, 0.25) is 0 Å². The van der Waals surface area contributed by atoms with E-state index in [1.165, 1.54) is 25.7 Å². The Labute approximate surface area is 102 Å². The third kappa shape index (κ3) is 3.30. The van der Waals surface area contributed by atoms with Crippen molar-refractivity contribution in [2.45, 2.75) is 44.6 Å². The van der Waals surface area contributed by atoms with Crippen molar-refractivity contribution in [1.82, 2.24) is 15.0 Å². The first-order valence-corrected chi connectivity index (χ1v) is 6.32. The first kappa shape index (κ1) is 12.1. The topological polar surface area (TPSA) is 68.2 Å². The third-order valence-corrected chi connectivity index (χ3v) is 3.22. The molecule has 1 heterocycles. The lowest BCUT2D eigenvalue weighted by Crippen LogP contribution is -2.32. The number of nitrogens with two attached hydrogens (primary N) is 1. The van der Waals surface area contributed by atoms with Gasteiger partial charge >= 0.3 is 0 Å². The maximum atomic E-state index is 5.54. The SMILES string of the molecule is Cn1cnc(C(=NC2CCCCCC2)NN)c1. The molecule has 5 heteroatoms. The molecular formula is C12H21N5. The number of amidine groups is 1. The Morgan fingerprint density at radius 1 is 1.41 bits per heavy atom. The molecule has 2 rings (SSSR count). The summed E-state index contributed by atoms with van der Waals surface area (Å²) in [5, 5.41) is 0. The number of hydrogen-bond acceptors (Lipinski definition) is 3. The zero-order chi connectivity index (χ0) is 12.1. The second kappa shape index (κ2) is 5.82. The zero-order valence-corrected chi connectivity index (χ0v) is 10.4. The maximum absolute atomic E-state index is 5.54. The number of aliphatic imine (C=N–C) groups is 1. The van der Waals surface area contributed by atoms with Crippen LogP contribution < -0.4 is 11.3 Å². The van der Waals surface area contributed by atoms with E-state index < -0.39 is 0 Å². The highest BCUT2D eigenvalue weighted by atomic mass is 15.3. The van der Waals surface area contributed by atoms with Crippen LogP contribution in [0.25, 0.3) is 0 Å². The highest BCUT2D eigenvalue weighted by Gasteiger charge is 2.13. The van der Waals surface area contributed by atoms with Gasteiger partial charge in [-0.2, -0.15) is 0 Å². The minimum absolute atomic E-state index is 0.394. The van der Waals surface area contributed by atoms with E-state index in [4.69, 9.17) is 10.8 Å². The van der Waals surface area contributed by atoms with Crippen LogP contribution in [-0.2, 0) is 7.05 Å². The molecule has 3 N–H and O–H groups in total. The number of aryl methyl sites for hydroxylation is 1. The average molecular weight is 235 g/mol. The summed E-state index contributed by atoms with van der Waals surface area (Å²) in [6.07, 6.45) is 11.2. The molecule has 0 radical (unpaired) electrons. The molecule has 0 amide bonds. The summed E-state index contributed by atoms with van der Waals surface area (Å²) in [5.74, 6) is 6.25. The Hall–Kier alpha value is -1.36. The summed E-state index contributed by atoms with van der Waals surface area (Å²) in [6, 6.07) is 0.394. The lowest BCUT2D eigenvalue weighted by atomic mass is 10.1. The molecule has 0 spiro atoms. The fraction of sp³-hybridized carbons (Fsp3) is 0.667. The molecule has 1 aliphatic carbocycles. The van der Waals surface area contributed by atoms with E-state index in [0.29, 0.717) is 11.9 Å². The lowest BCUT2D eigenvalue weighted by Gasteiger charge is -2.11. The number of hydrogen-bond donors (Lipinski definition) is 2. The fourth-order valence-corrected chi connectivity index (χ4v) is 2.28. The van der Waals surface area contributed by atoms with Gasteiger partial charge < -0.3 is 9.99 Å². The normalized spacial score (nSPS) is 19.1. The number of aromatic nitrogens is 2. The Morgan fingerprint density at radius 3 is 2.65 bits per heavy atom. The van der Waals surface area contributed by atoms with Crippen LogP contribution >= 0.6 is 0 Å². The lowest BCUT2D eigenvalue weighted by molar-refractivity contribution is 0.583. The minimum Gasteiger partial charge on any atom is -0.340 e. The zero-order valence-electron chi connectivity index (χ0n) is 10.4. The Kier molecular flexibility index (Phi) is 4.14. The summed E-state index contributed by atoms with van der Waals surface area (Å²) in [4.78, 5) is 8.97. The van der Waals surface area contributed by atoms with Crippen molar-refractivity contribution in [1.29, 1.82) is 0 Å². The molecule has 1 aromatic heterocycles. The van der Waals surface area contributed by atoms with Crippen molar-refractivity contribution in [2.75, 3.05) is 0 Å². The van der Waals surface area contributed by atoms with Crippen molar-refractivity contribution >= 4 is 5.84 Å². The molecule has 0 saturated heterocycles. The van der Waals surface area contributed by atoms with Crippen LogP contribution in [0.3, 0.4) is 0 Å². The molecule has 94 valence electrons. The van der Waals surface area contributed by atoms with Crippen LogP contribution in [-0.4, -0.2) is 21.4 Å². The van der Waals surface area contributed by atoms with Crippen molar-refractivity contribution in [3.8, 4) is 0 Å². The number of nitrogens with zero attached hydrogens (tertiary/aromatic N) is 3. The Balaban J connectivity index is 2.10. The van der Waals surface area contributed by atoms with Gasteiger partial charge in [-0.1, -0.05) is 25.7 Å². The van der Waals surface area contributed by atoms with Gasteiger partial charge in [0.1, 0.15) is 5.69 Å². The quantitative estimate of drug-likeness (QED) is 0.267. The second-order valence-electron chi connectivity index (χ2n) is 4.69. The predicted molar refractivity (Wildman–Crippen MR) is 68.6 cm³/mol. The van der Waals surface area contributed by atoms with Gasteiger partial charge in [0.05, 0.1) is 12.4 Å². The summed E-state index contributed by atoms with van der Waals surface area (Å²) in [6.45, 7) is 0. The van der Waals surface area contributed by atoms with Crippen molar-refractivity contribution < 1.29 is 0 Å². The van der Waals surface area contributed by atoms with Crippen molar-refractivity contribution in [3.05, 3.63) is 18.2 Å². The second-order valence-corrected chi connectivity index (χ2v) is 4.69. The number of rotatable bonds is 2. The van der Waals surface area contributed by atoms with Crippen LogP contribution in [0.5, 0.6) is 0 Å². The van der Waals surface area contributed by atoms with Crippen LogP contribution in [0, 0.1) is 0 Å². The highest BCUT2D eigenvalue weighted by molar-refractivity contribution is 5.96. The predicted octanol–water partition coefficient (Wildman–Crippen LogP) is 1.35. The summed E-state index contributed by atoms with van der Waals surface area (Å²) in [7, 11) is 1.94. The number of imidazole rings is 1. The van der Waals surface area contributed by atoms with E-state index in [1.807, 2.05) is 17.8 Å². The standard InChI is InChI=1S/C12H21N5/c1-17-8-11(14-9-17)12(16-13)15-10-6-4-2-3-5-7-10/h8-10H,2-7,13H2,1H3,(H,15,16). The first-order chi connectivity index (χ1) is 8.29. The smallest absolute Gasteiger partial charge is 0.163 e. The van der Waals surface area contributed by atoms with Gasteiger partial charge in [0, 0.05) is 13.2 Å². The summed E-state index contributed by atoms with van der Waals surface area (Å²) < 4.78 is 1.90. The molecule has 0 atom stereocenters. The highest BCUT2D eigenvalue weighted by Crippen LogP contribution is 2.20. The first-order valence-electron chi connectivity index (χ1n) is 6.32. The van der Waals surface area contributed by atoms with E-state index in [1.54, 1.807) is 6.33 Å². The molecule has 5 nitrogen and oxygen atoms in total. The summed E-state index contributed by atoms with van der Waals surface area (Å²) in [5.41, 5.74) is 3.49. The van der Waals surface area contributed by atoms with E-state index in [2.05, 4.69) is 10.4 Å². The number of nitrogens with one attached hydrogen (secondary N) is 1. The average Bonchev–Trinajstić information content (AvgIpc) is 2.62. The van der Waals surface area contributed by atoms with E-state index in [9.17, 15) is 0 Å². The Bertz CT molecular complexity index is 374. The van der Waals surface area contributed by atoms with Gasteiger partial charge in [-0.05, 0) is 12.8 Å². The molecule has 1 fully saturated rings. The van der Waals surface area contributed by atoms with Gasteiger partial charge in [-0.25, -0.2) is 10.8 Å². The molecule has 0 aliphatic heterocycles. The van der Waals surface area contributed by atoms with Crippen LogP contribution in [0.2, 0.25) is 0 Å². The molecule has 1 aromatic rings. The van der Waals surface area contributed by atoms with E-state index in [0.717, 1.165) is 18.5 Å². The van der Waals surface area contributed by atoms with Crippen molar-refractivity contribution in [3.63, 3.8) is 0 Å². The fourth-order valence-electron chi connectivity index (χ4n) is 2.28. The molecule has 1 saturated carbocycles. The molecule has 0 aromatic carbocycles. The molecule has 0 bridgehead atoms. The third-order valence-electron chi connectivity index (χ3n) is 3.22. The molecule has 0 unspecified atom stereocenters. The molecule has 17 heavy (non-hydrogen) atoms. The van der Waals surface area contributed by atoms with Crippen LogP contribution in [0.4, 0.5) is 0 Å². The van der Waals surface area contributed by atoms with E-state index in [-0.39, 0.29) is 0 Å². The Morgan fingerprint density at radius 2 is 2.12 bits per heavy atom. The molecular weight excluding hydrogens is 214 g/mol. The molecule has 1 aliphatic rings. The van der Waals surface area contributed by atoms with Crippen LogP contribution in [0.15, 0.2) is 17.5 Å². The maximum Gasteiger partial charge on any atom is 0.163 e. The van der Waals surface area contributed by atoms with E-state index >= 15 is 0 Å². The van der Waals surface area contributed by atoms with Crippen molar-refractivity contribution in [2.24, 2.45) is 17.9 Å². The summed E-state index contributed by atoms with van der Waals surface area (Å²) >= 11 is 0. The largest absolute Gasteiger partial charge is 0.340 e. The monoisotopic (exact) mass is 235 g/mol. The van der Waals surface area contributed by atoms with Crippen LogP contribution in [0.1, 0.15) is 44.2 Å².